The summed E-state index contributed by atoms with van der Waals surface area (Å²) in [6.45, 7) is 11.9. The van der Waals surface area contributed by atoms with E-state index in [1.165, 1.54) is 186 Å². The van der Waals surface area contributed by atoms with Gasteiger partial charge in [0.05, 0.1) is 26.4 Å². The van der Waals surface area contributed by atoms with Crippen molar-refractivity contribution in [2.24, 2.45) is 17.8 Å². The van der Waals surface area contributed by atoms with Crippen LogP contribution in [0.25, 0.3) is 0 Å². The van der Waals surface area contributed by atoms with E-state index in [-0.39, 0.29) is 25.7 Å². The fraction of sp³-hybridized carbons (Fsp3) is 0.947. The Morgan fingerprint density at radius 3 is 0.723 bits per heavy atom. The Labute approximate surface area is 575 Å². The van der Waals surface area contributed by atoms with Crippen LogP contribution in [0.3, 0.4) is 0 Å². The summed E-state index contributed by atoms with van der Waals surface area (Å²) in [6, 6.07) is 0. The van der Waals surface area contributed by atoms with E-state index in [0.29, 0.717) is 31.6 Å². The first kappa shape index (κ1) is 92.1. The highest BCUT2D eigenvalue weighted by atomic mass is 31.2. The largest absolute Gasteiger partial charge is 0.472 e. The van der Waals surface area contributed by atoms with Crippen LogP contribution >= 0.6 is 15.6 Å². The van der Waals surface area contributed by atoms with Crippen molar-refractivity contribution in [3.05, 3.63) is 0 Å². The van der Waals surface area contributed by atoms with Gasteiger partial charge < -0.3 is 33.8 Å². The molecule has 0 aliphatic rings. The lowest BCUT2D eigenvalue weighted by molar-refractivity contribution is -0.161. The first-order valence-corrected chi connectivity index (χ1v) is 41.8. The number of phosphoric ester groups is 2. The number of esters is 4. The molecule has 0 aliphatic heterocycles. The van der Waals surface area contributed by atoms with E-state index >= 15 is 0 Å². The highest BCUT2D eigenvalue weighted by Gasteiger charge is 2.30. The summed E-state index contributed by atoms with van der Waals surface area (Å²) in [5, 5.41) is 10.6. The first-order chi connectivity index (χ1) is 45.2. The molecule has 17 nitrogen and oxygen atoms in total. The van der Waals surface area contributed by atoms with Crippen molar-refractivity contribution < 1.29 is 80.2 Å². The van der Waals surface area contributed by atoms with Gasteiger partial charge in [-0.05, 0) is 43.4 Å². The van der Waals surface area contributed by atoms with Crippen LogP contribution < -0.4 is 0 Å². The minimum absolute atomic E-state index is 0.106. The average molecular weight is 1380 g/mol. The summed E-state index contributed by atoms with van der Waals surface area (Å²) in [7, 11) is -9.91. The van der Waals surface area contributed by atoms with Gasteiger partial charge in [0.25, 0.3) is 0 Å². The molecular weight excluding hydrogens is 1230 g/mol. The maximum Gasteiger partial charge on any atom is 0.472 e. The summed E-state index contributed by atoms with van der Waals surface area (Å²) >= 11 is 0. The second-order valence-corrected chi connectivity index (χ2v) is 31.4. The van der Waals surface area contributed by atoms with Crippen molar-refractivity contribution in [1.29, 1.82) is 0 Å². The summed E-state index contributed by atoms with van der Waals surface area (Å²) in [6.07, 6.45) is 51.4. The molecule has 558 valence electrons. The predicted molar refractivity (Wildman–Crippen MR) is 381 cm³/mol. The van der Waals surface area contributed by atoms with Gasteiger partial charge in [-0.25, -0.2) is 9.13 Å². The quantitative estimate of drug-likeness (QED) is 0.0222. The van der Waals surface area contributed by atoms with Crippen molar-refractivity contribution in [2.75, 3.05) is 39.6 Å². The minimum Gasteiger partial charge on any atom is -0.462 e. The number of aliphatic hydroxyl groups excluding tert-OH is 1. The molecule has 0 radical (unpaired) electrons. The number of carbonyl (C=O) groups excluding carboxylic acids is 4. The second-order valence-electron chi connectivity index (χ2n) is 28.5. The molecule has 0 rings (SSSR count). The maximum atomic E-state index is 13.1. The number of hydrogen-bond acceptors (Lipinski definition) is 15. The van der Waals surface area contributed by atoms with Gasteiger partial charge in [0.2, 0.25) is 0 Å². The smallest absolute Gasteiger partial charge is 0.462 e. The van der Waals surface area contributed by atoms with Crippen LogP contribution in [-0.2, 0) is 65.4 Å². The van der Waals surface area contributed by atoms with Gasteiger partial charge in [0, 0.05) is 25.7 Å². The van der Waals surface area contributed by atoms with Gasteiger partial charge in [-0.15, -0.1) is 0 Å². The standard InChI is InChI=1S/C75H146O17P2/c1-8-9-10-11-12-13-14-24-30-35-44-51-58-74(79)92-71(63-86-73(78)57-50-43-38-37-41-48-55-68(6)7)65-90-94(83,84)88-61-69(76)60-87-93(81,82)89-64-70(62-85-72(77)56-49-42-34-29-25-21-17-19-23-28-33-40-47-54-67(4)5)91-75(80)59-52-45-36-31-26-20-16-15-18-22-27-32-39-46-53-66(2)3/h66-71,76H,8-65H2,1-7H3,(H,81,82)(H,83,84)/t69-,70-,71-/m1/s1. The number of unbranched alkanes of at least 4 members (excludes halogenated alkanes) is 41. The van der Waals surface area contributed by atoms with Gasteiger partial charge in [-0.3, -0.25) is 37.3 Å². The van der Waals surface area contributed by atoms with E-state index in [9.17, 15) is 43.2 Å². The van der Waals surface area contributed by atoms with Crippen LogP contribution in [-0.4, -0.2) is 96.7 Å². The zero-order valence-corrected chi connectivity index (χ0v) is 63.2. The Bertz CT molecular complexity index is 1840. The van der Waals surface area contributed by atoms with Gasteiger partial charge in [-0.1, -0.05) is 331 Å². The third-order valence-corrected chi connectivity index (χ3v) is 19.3. The average Bonchev–Trinajstić information content (AvgIpc) is 2.16. The summed E-state index contributed by atoms with van der Waals surface area (Å²) in [5.74, 6) is 0.146. The summed E-state index contributed by atoms with van der Waals surface area (Å²) in [4.78, 5) is 72.7. The van der Waals surface area contributed by atoms with Crippen molar-refractivity contribution >= 4 is 39.5 Å². The third-order valence-electron chi connectivity index (χ3n) is 17.4. The van der Waals surface area contributed by atoms with Crippen LogP contribution in [0.15, 0.2) is 0 Å². The molecule has 0 saturated carbocycles. The van der Waals surface area contributed by atoms with Gasteiger partial charge in [0.1, 0.15) is 19.3 Å². The molecular formula is C75H146O17P2. The van der Waals surface area contributed by atoms with Crippen LogP contribution in [0.4, 0.5) is 0 Å². The number of hydrogen-bond donors (Lipinski definition) is 3. The number of carbonyl (C=O) groups is 4. The van der Waals surface area contributed by atoms with Crippen LogP contribution in [0.1, 0.15) is 382 Å². The predicted octanol–water partition coefficient (Wildman–Crippen LogP) is 21.8. The Balaban J connectivity index is 5.23. The van der Waals surface area contributed by atoms with Gasteiger partial charge in [0.15, 0.2) is 12.2 Å². The molecule has 0 aliphatic carbocycles. The van der Waals surface area contributed by atoms with E-state index < -0.39 is 97.5 Å². The van der Waals surface area contributed by atoms with Crippen molar-refractivity contribution in [2.45, 2.75) is 401 Å². The normalized spacial score (nSPS) is 14.1. The Hall–Kier alpha value is -1.94. The molecule has 0 heterocycles. The molecule has 0 saturated heterocycles. The van der Waals surface area contributed by atoms with E-state index in [4.69, 9.17) is 37.0 Å². The summed E-state index contributed by atoms with van der Waals surface area (Å²) in [5.41, 5.74) is 0. The highest BCUT2D eigenvalue weighted by Crippen LogP contribution is 2.45. The molecule has 0 spiro atoms. The molecule has 2 unspecified atom stereocenters. The lowest BCUT2D eigenvalue weighted by Crippen LogP contribution is -2.30. The molecule has 19 heteroatoms. The molecule has 0 aromatic heterocycles. The zero-order chi connectivity index (χ0) is 69.4. The fourth-order valence-electron chi connectivity index (χ4n) is 11.4. The second kappa shape index (κ2) is 65.7. The first-order valence-electron chi connectivity index (χ1n) is 38.8. The number of rotatable bonds is 73. The van der Waals surface area contributed by atoms with Gasteiger partial charge in [-0.2, -0.15) is 0 Å². The zero-order valence-electron chi connectivity index (χ0n) is 61.4. The van der Waals surface area contributed by atoms with Crippen LogP contribution in [0.5, 0.6) is 0 Å². The van der Waals surface area contributed by atoms with Crippen molar-refractivity contribution in [3.8, 4) is 0 Å². The molecule has 3 N–H and O–H groups in total. The topological polar surface area (TPSA) is 237 Å². The molecule has 0 aromatic rings. The SMILES string of the molecule is CCCCCCCCCCCCCCC(=O)O[C@H](COC(=O)CCCCCCCCC(C)C)COP(=O)(O)OC[C@H](O)COP(=O)(O)OC[C@@H](COC(=O)CCCCCCCCCCCCCCCC(C)C)OC(=O)CCCCCCCCCCCCCCCCC(C)C. The van der Waals surface area contributed by atoms with Crippen molar-refractivity contribution in [1.82, 2.24) is 0 Å². The highest BCUT2D eigenvalue weighted by molar-refractivity contribution is 7.47. The number of aliphatic hydroxyl groups is 1. The Morgan fingerprint density at radius 2 is 0.489 bits per heavy atom. The maximum absolute atomic E-state index is 13.1. The molecule has 94 heavy (non-hydrogen) atoms. The van der Waals surface area contributed by atoms with Gasteiger partial charge >= 0.3 is 39.5 Å². The van der Waals surface area contributed by atoms with E-state index in [1.807, 2.05) is 0 Å². The lowest BCUT2D eigenvalue weighted by atomic mass is 10.0. The number of ether oxygens (including phenoxy) is 4. The fourth-order valence-corrected chi connectivity index (χ4v) is 13.0. The van der Waals surface area contributed by atoms with Crippen molar-refractivity contribution in [3.63, 3.8) is 0 Å². The minimum atomic E-state index is -4.96. The number of phosphoric acid groups is 2. The third kappa shape index (κ3) is 68.6. The van der Waals surface area contributed by atoms with E-state index in [2.05, 4.69) is 48.5 Å². The molecule has 0 amide bonds. The summed E-state index contributed by atoms with van der Waals surface area (Å²) < 4.78 is 68.5. The Kier molecular flexibility index (Phi) is 64.3. The van der Waals surface area contributed by atoms with Crippen LogP contribution in [0, 0.1) is 17.8 Å². The molecule has 0 aromatic carbocycles. The molecule has 0 fully saturated rings. The van der Waals surface area contributed by atoms with E-state index in [0.717, 1.165) is 108 Å². The Morgan fingerprint density at radius 1 is 0.287 bits per heavy atom. The molecule has 5 atom stereocenters. The van der Waals surface area contributed by atoms with Crippen LogP contribution in [0.2, 0.25) is 0 Å². The molecule has 0 bridgehead atoms. The van der Waals surface area contributed by atoms with E-state index in [1.54, 1.807) is 0 Å². The monoisotopic (exact) mass is 1380 g/mol. The lowest BCUT2D eigenvalue weighted by Gasteiger charge is -2.21.